The molecule has 0 fully saturated rings. The topological polar surface area (TPSA) is 46.6 Å². The Bertz CT molecular complexity index is 735. The van der Waals surface area contributed by atoms with Crippen molar-refractivity contribution < 1.29 is 27.5 Å². The van der Waals surface area contributed by atoms with E-state index < -0.39 is 36.4 Å². The number of nitrogens with zero attached hydrogens (tertiary/aromatic N) is 1. The second kappa shape index (κ2) is 8.88. The lowest BCUT2D eigenvalue weighted by atomic mass is 9.92. The van der Waals surface area contributed by atoms with E-state index in [9.17, 15) is 22.8 Å². The van der Waals surface area contributed by atoms with Gasteiger partial charge in [-0.3, -0.25) is 9.69 Å². The Morgan fingerprint density at radius 2 is 1.88 bits per heavy atom. The Balaban J connectivity index is 3.06. The predicted molar refractivity (Wildman–Crippen MR) is 91.8 cm³/mol. The van der Waals surface area contributed by atoms with Crippen LogP contribution in [0.5, 0.6) is 0 Å². The molecular formula is C18H17ClF3NO3. The molecule has 1 atom stereocenters. The molecule has 0 bridgehead atoms. The molecule has 140 valence electrons. The van der Waals surface area contributed by atoms with Crippen LogP contribution < -0.4 is 0 Å². The molecule has 1 aromatic rings. The third-order valence-corrected chi connectivity index (χ3v) is 3.96. The summed E-state index contributed by atoms with van der Waals surface area (Å²) >= 11 is 5.72. The van der Waals surface area contributed by atoms with Gasteiger partial charge in [0.15, 0.2) is 0 Å². The molecule has 1 rings (SSSR count). The van der Waals surface area contributed by atoms with E-state index in [0.717, 1.165) is 20.2 Å². The van der Waals surface area contributed by atoms with E-state index in [1.54, 1.807) is 0 Å². The molecule has 0 heterocycles. The maximum absolute atomic E-state index is 13.6. The summed E-state index contributed by atoms with van der Waals surface area (Å²) in [5, 5.41) is 0.437. The van der Waals surface area contributed by atoms with E-state index in [1.807, 2.05) is 0 Å². The Labute approximate surface area is 154 Å². The molecular weight excluding hydrogens is 371 g/mol. The van der Waals surface area contributed by atoms with E-state index >= 15 is 0 Å². The molecule has 1 aromatic carbocycles. The molecule has 0 radical (unpaired) electrons. The zero-order valence-electron chi connectivity index (χ0n) is 14.2. The lowest BCUT2D eigenvalue weighted by molar-refractivity contribution is -0.234. The minimum Gasteiger partial charge on any atom is -0.467 e. The van der Waals surface area contributed by atoms with Crippen molar-refractivity contribution in [3.63, 3.8) is 0 Å². The third-order valence-electron chi connectivity index (χ3n) is 3.71. The fourth-order valence-corrected chi connectivity index (χ4v) is 2.39. The van der Waals surface area contributed by atoms with Crippen LogP contribution in [0.15, 0.2) is 36.9 Å². The van der Waals surface area contributed by atoms with E-state index in [0.29, 0.717) is 9.92 Å². The first kappa shape index (κ1) is 21.7. The van der Waals surface area contributed by atoms with Crippen molar-refractivity contribution in [1.29, 1.82) is 0 Å². The van der Waals surface area contributed by atoms with Crippen LogP contribution in [0.25, 0.3) is 0 Å². The third kappa shape index (κ3) is 4.65. The largest absolute Gasteiger partial charge is 0.467 e. The van der Waals surface area contributed by atoms with Gasteiger partial charge < -0.3 is 4.74 Å². The zero-order valence-corrected chi connectivity index (χ0v) is 14.9. The number of benzene rings is 1. The average molecular weight is 388 g/mol. The highest BCUT2D eigenvalue weighted by Crippen LogP contribution is 2.39. The van der Waals surface area contributed by atoms with Gasteiger partial charge in [0, 0.05) is 17.0 Å². The quantitative estimate of drug-likeness (QED) is 0.246. The number of rotatable bonds is 6. The number of likely N-dealkylation sites (N-methyl/N-ethyl adjacent to an activating group) is 1. The molecule has 8 heteroatoms. The molecule has 1 unspecified atom stereocenters. The summed E-state index contributed by atoms with van der Waals surface area (Å²) in [5.74, 6) is 2.57. The SMILES string of the molecule is C=CCC(C(=O)OC)(N(C)CC#CC(=O)c1ccc(Cl)cc1)C(F)(F)F. The van der Waals surface area contributed by atoms with Crippen molar-refractivity contribution in [2.24, 2.45) is 0 Å². The molecule has 0 amide bonds. The number of halogens is 4. The van der Waals surface area contributed by atoms with Crippen LogP contribution in [0.3, 0.4) is 0 Å². The number of hydrogen-bond donors (Lipinski definition) is 0. The number of esters is 1. The molecule has 4 nitrogen and oxygen atoms in total. The normalized spacial score (nSPS) is 13.3. The lowest BCUT2D eigenvalue weighted by Gasteiger charge is -2.38. The Kier molecular flexibility index (Phi) is 7.42. The van der Waals surface area contributed by atoms with E-state index in [4.69, 9.17) is 11.6 Å². The first-order chi connectivity index (χ1) is 12.1. The van der Waals surface area contributed by atoms with Crippen LogP contribution >= 0.6 is 11.6 Å². The summed E-state index contributed by atoms with van der Waals surface area (Å²) in [6, 6.07) is 5.90. The molecule has 0 saturated carbocycles. The van der Waals surface area contributed by atoms with Gasteiger partial charge in [0.2, 0.25) is 11.3 Å². The maximum Gasteiger partial charge on any atom is 0.417 e. The van der Waals surface area contributed by atoms with Gasteiger partial charge in [0.1, 0.15) is 0 Å². The van der Waals surface area contributed by atoms with Gasteiger partial charge in [0.05, 0.1) is 13.7 Å². The van der Waals surface area contributed by atoms with Crippen molar-refractivity contribution in [2.45, 2.75) is 18.1 Å². The number of hydrogen-bond acceptors (Lipinski definition) is 4. The molecule has 0 N–H and O–H groups in total. The Morgan fingerprint density at radius 3 is 2.35 bits per heavy atom. The van der Waals surface area contributed by atoms with E-state index in [2.05, 4.69) is 23.2 Å². The van der Waals surface area contributed by atoms with Crippen LogP contribution in [0.1, 0.15) is 16.8 Å². The Morgan fingerprint density at radius 1 is 1.31 bits per heavy atom. The zero-order chi connectivity index (χ0) is 20.0. The van der Waals surface area contributed by atoms with Gasteiger partial charge in [-0.1, -0.05) is 23.6 Å². The van der Waals surface area contributed by atoms with Crippen molar-refractivity contribution in [3.05, 3.63) is 47.5 Å². The van der Waals surface area contributed by atoms with Crippen molar-refractivity contribution >= 4 is 23.4 Å². The molecule has 26 heavy (non-hydrogen) atoms. The fraction of sp³-hybridized carbons (Fsp3) is 0.333. The number of methoxy groups -OCH3 is 1. The van der Waals surface area contributed by atoms with Gasteiger partial charge in [-0.25, -0.2) is 4.79 Å². The second-order valence-corrected chi connectivity index (χ2v) is 5.77. The monoisotopic (exact) mass is 387 g/mol. The van der Waals surface area contributed by atoms with Gasteiger partial charge in [0.25, 0.3) is 0 Å². The highest BCUT2D eigenvalue weighted by molar-refractivity contribution is 6.30. The number of ether oxygens (including phenoxy) is 1. The molecule has 0 aliphatic carbocycles. The summed E-state index contributed by atoms with van der Waals surface area (Å²) in [5.41, 5.74) is -2.67. The van der Waals surface area contributed by atoms with Crippen molar-refractivity contribution in [2.75, 3.05) is 20.7 Å². The number of Topliss-reactive ketones (excluding diaryl/α,β-unsaturated/α-hetero) is 1. The molecule has 0 aromatic heterocycles. The summed E-state index contributed by atoms with van der Waals surface area (Å²) in [7, 11) is 1.95. The average Bonchev–Trinajstić information content (AvgIpc) is 2.58. The van der Waals surface area contributed by atoms with Gasteiger partial charge in [-0.2, -0.15) is 13.2 Å². The number of ketones is 1. The molecule has 0 aliphatic heterocycles. The maximum atomic E-state index is 13.6. The first-order valence-corrected chi connectivity index (χ1v) is 7.74. The highest BCUT2D eigenvalue weighted by Gasteiger charge is 2.63. The fourth-order valence-electron chi connectivity index (χ4n) is 2.27. The lowest BCUT2D eigenvalue weighted by Crippen LogP contribution is -2.63. The van der Waals surface area contributed by atoms with Crippen LogP contribution in [0.4, 0.5) is 13.2 Å². The smallest absolute Gasteiger partial charge is 0.417 e. The Hall–Kier alpha value is -2.30. The van der Waals surface area contributed by atoms with Gasteiger partial charge >= 0.3 is 12.1 Å². The molecule has 0 spiro atoms. The van der Waals surface area contributed by atoms with Crippen molar-refractivity contribution in [3.8, 4) is 11.8 Å². The van der Waals surface area contributed by atoms with Crippen LogP contribution in [-0.2, 0) is 9.53 Å². The van der Waals surface area contributed by atoms with Crippen molar-refractivity contribution in [1.82, 2.24) is 4.90 Å². The number of carbonyl (C=O) groups is 2. The minimum absolute atomic E-state index is 0.255. The summed E-state index contributed by atoms with van der Waals surface area (Å²) in [6.45, 7) is 2.79. The van der Waals surface area contributed by atoms with Crippen LogP contribution in [0.2, 0.25) is 5.02 Å². The first-order valence-electron chi connectivity index (χ1n) is 7.36. The van der Waals surface area contributed by atoms with Crippen LogP contribution in [-0.4, -0.2) is 49.1 Å². The van der Waals surface area contributed by atoms with E-state index in [1.165, 1.54) is 24.3 Å². The molecule has 0 aliphatic rings. The second-order valence-electron chi connectivity index (χ2n) is 5.34. The summed E-state index contributed by atoms with van der Waals surface area (Å²) < 4.78 is 45.2. The van der Waals surface area contributed by atoms with Gasteiger partial charge in [-0.15, -0.1) is 6.58 Å². The highest BCUT2D eigenvalue weighted by atomic mass is 35.5. The van der Waals surface area contributed by atoms with Crippen LogP contribution in [0, 0.1) is 11.8 Å². The standard InChI is InChI=1S/C18H17ClF3NO3/c1-4-11-17(16(25)26-3,18(20,21)22)23(2)12-5-6-15(24)13-7-9-14(19)10-8-13/h4,7-10H,1,11-12H2,2-3H3. The number of alkyl halides is 3. The predicted octanol–water partition coefficient (Wildman–Crippen LogP) is 3.51. The summed E-state index contributed by atoms with van der Waals surface area (Å²) in [4.78, 5) is 24.5. The van der Waals surface area contributed by atoms with E-state index in [-0.39, 0.29) is 5.56 Å². The molecule has 0 saturated heterocycles. The van der Waals surface area contributed by atoms with Gasteiger partial charge in [-0.05, 0) is 37.2 Å². The summed E-state index contributed by atoms with van der Waals surface area (Å²) in [6.07, 6.45) is -4.66. The number of carbonyl (C=O) groups excluding carboxylic acids is 2. The minimum atomic E-state index is -4.93.